The fraction of sp³-hybridized carbons (Fsp3) is 0.455. The number of rotatable bonds is 7. The van der Waals surface area contributed by atoms with Crippen molar-refractivity contribution in [3.8, 4) is 0 Å². The third-order valence-corrected chi connectivity index (χ3v) is 4.73. The Labute approximate surface area is 126 Å². The van der Waals surface area contributed by atoms with Gasteiger partial charge in [-0.05, 0) is 25.5 Å². The van der Waals surface area contributed by atoms with Crippen LogP contribution in [-0.4, -0.2) is 35.6 Å². The summed E-state index contributed by atoms with van der Waals surface area (Å²) in [5.41, 5.74) is -4.67. The van der Waals surface area contributed by atoms with Crippen molar-refractivity contribution in [2.24, 2.45) is 0 Å². The maximum absolute atomic E-state index is 11.9. The fourth-order valence-electron chi connectivity index (χ4n) is 1.24. The van der Waals surface area contributed by atoms with Gasteiger partial charge in [0, 0.05) is 0 Å². The van der Waals surface area contributed by atoms with Gasteiger partial charge in [0.05, 0.1) is 18.1 Å². The molecule has 0 fully saturated rings. The first-order valence-electron chi connectivity index (χ1n) is 5.87. The molecule has 0 spiro atoms. The number of hydrogen-bond acceptors (Lipinski definition) is 6. The topological polar surface area (TPSA) is 86.7 Å². The van der Waals surface area contributed by atoms with Crippen LogP contribution in [0.3, 0.4) is 0 Å². The first-order chi connectivity index (χ1) is 9.96. The van der Waals surface area contributed by atoms with Crippen molar-refractivity contribution in [2.75, 3.05) is 13.2 Å². The molecule has 0 aliphatic heterocycles. The Balaban J connectivity index is 2.46. The lowest BCUT2D eigenvalue weighted by atomic mass is 10.2. The number of benzene rings is 1. The van der Waals surface area contributed by atoms with Gasteiger partial charge in [0.25, 0.3) is 10.1 Å². The zero-order chi connectivity index (χ0) is 17.0. The summed E-state index contributed by atoms with van der Waals surface area (Å²) in [6.45, 7) is 0.407. The minimum atomic E-state index is -5.68. The molecule has 11 heteroatoms. The molecular weight excluding hydrogens is 349 g/mol. The number of alkyl halides is 3. The SMILES string of the molecule is Cc1ccc(S(=O)(=O)OCCCOS(=O)(=O)C(F)(F)F)cc1. The molecular formula is C11H13F3O6S2. The minimum Gasteiger partial charge on any atom is -0.266 e. The van der Waals surface area contributed by atoms with Gasteiger partial charge in [-0.3, -0.25) is 8.37 Å². The summed E-state index contributed by atoms with van der Waals surface area (Å²) >= 11 is 0. The standard InChI is InChI=1S/C11H13F3O6S2/c1-9-3-5-10(6-4-9)21(15,16)19-7-2-8-20-22(17,18)11(12,13)14/h3-6H,2,7-8H2,1H3. The Morgan fingerprint density at radius 2 is 1.45 bits per heavy atom. The van der Waals surface area contributed by atoms with E-state index < -0.39 is 39.0 Å². The average Bonchev–Trinajstić information content (AvgIpc) is 2.37. The molecule has 0 amide bonds. The largest absolute Gasteiger partial charge is 0.523 e. The Morgan fingerprint density at radius 1 is 0.955 bits per heavy atom. The van der Waals surface area contributed by atoms with Crippen LogP contribution in [0, 0.1) is 6.92 Å². The summed E-state index contributed by atoms with van der Waals surface area (Å²) < 4.78 is 88.6. The highest BCUT2D eigenvalue weighted by Gasteiger charge is 2.47. The highest BCUT2D eigenvalue weighted by molar-refractivity contribution is 7.87. The molecule has 0 atom stereocenters. The van der Waals surface area contributed by atoms with Crippen LogP contribution in [0.1, 0.15) is 12.0 Å². The molecule has 6 nitrogen and oxygen atoms in total. The molecule has 0 unspecified atom stereocenters. The maximum Gasteiger partial charge on any atom is 0.523 e. The second kappa shape index (κ2) is 6.94. The quantitative estimate of drug-likeness (QED) is 0.419. The van der Waals surface area contributed by atoms with Crippen LogP contribution in [0.2, 0.25) is 0 Å². The summed E-state index contributed by atoms with van der Waals surface area (Å²) in [4.78, 5) is -0.109. The van der Waals surface area contributed by atoms with Gasteiger partial charge in [-0.15, -0.1) is 0 Å². The number of halogens is 3. The van der Waals surface area contributed by atoms with Crippen LogP contribution >= 0.6 is 0 Å². The van der Waals surface area contributed by atoms with Crippen molar-refractivity contribution in [2.45, 2.75) is 23.7 Å². The van der Waals surface area contributed by atoms with E-state index in [-0.39, 0.29) is 11.3 Å². The van der Waals surface area contributed by atoms with Gasteiger partial charge >= 0.3 is 15.6 Å². The van der Waals surface area contributed by atoms with Gasteiger partial charge in [-0.1, -0.05) is 17.7 Å². The summed E-state index contributed by atoms with van der Waals surface area (Å²) in [7, 11) is -9.72. The van der Waals surface area contributed by atoms with Crippen LogP contribution in [0.5, 0.6) is 0 Å². The molecule has 1 rings (SSSR count). The van der Waals surface area contributed by atoms with Crippen LogP contribution in [-0.2, 0) is 28.6 Å². The Hall–Kier alpha value is -1.17. The summed E-state index contributed by atoms with van der Waals surface area (Å²) in [6, 6.07) is 5.73. The molecule has 0 bridgehead atoms. The van der Waals surface area contributed by atoms with E-state index in [4.69, 9.17) is 0 Å². The van der Waals surface area contributed by atoms with Crippen LogP contribution in [0.4, 0.5) is 13.2 Å². The Kier molecular flexibility index (Phi) is 5.96. The normalized spacial score (nSPS) is 13.3. The van der Waals surface area contributed by atoms with E-state index in [1.54, 1.807) is 19.1 Å². The van der Waals surface area contributed by atoms with Gasteiger partial charge < -0.3 is 0 Å². The predicted molar refractivity (Wildman–Crippen MR) is 69.9 cm³/mol. The Bertz CT molecular complexity index is 692. The molecule has 0 saturated heterocycles. The zero-order valence-corrected chi connectivity index (χ0v) is 13.0. The van der Waals surface area contributed by atoms with Crippen LogP contribution in [0.25, 0.3) is 0 Å². The minimum absolute atomic E-state index is 0.109. The zero-order valence-electron chi connectivity index (χ0n) is 11.3. The molecule has 0 aliphatic rings. The Morgan fingerprint density at radius 3 is 1.95 bits per heavy atom. The molecule has 0 N–H and O–H groups in total. The lowest BCUT2D eigenvalue weighted by molar-refractivity contribution is -0.0544. The van der Waals surface area contributed by atoms with E-state index in [0.29, 0.717) is 0 Å². The van der Waals surface area contributed by atoms with Crippen molar-refractivity contribution in [1.29, 1.82) is 0 Å². The second-order valence-electron chi connectivity index (χ2n) is 4.16. The fourth-order valence-corrected chi connectivity index (χ4v) is 2.65. The van der Waals surface area contributed by atoms with Crippen molar-refractivity contribution in [3.63, 3.8) is 0 Å². The van der Waals surface area contributed by atoms with Crippen molar-refractivity contribution < 1.29 is 38.4 Å². The lowest BCUT2D eigenvalue weighted by Gasteiger charge is -2.08. The molecule has 1 aromatic carbocycles. The molecule has 0 aromatic heterocycles. The van der Waals surface area contributed by atoms with E-state index >= 15 is 0 Å². The summed E-state index contributed by atoms with van der Waals surface area (Å²) in [5.74, 6) is 0. The highest BCUT2D eigenvalue weighted by Crippen LogP contribution is 2.24. The van der Waals surface area contributed by atoms with E-state index in [0.717, 1.165) is 5.56 Å². The van der Waals surface area contributed by atoms with E-state index in [1.165, 1.54) is 12.1 Å². The smallest absolute Gasteiger partial charge is 0.266 e. The van der Waals surface area contributed by atoms with Crippen molar-refractivity contribution in [3.05, 3.63) is 29.8 Å². The first-order valence-corrected chi connectivity index (χ1v) is 8.69. The van der Waals surface area contributed by atoms with Crippen molar-refractivity contribution >= 4 is 20.2 Å². The molecule has 0 heterocycles. The van der Waals surface area contributed by atoms with E-state index in [1.807, 2.05) is 0 Å². The third kappa shape index (κ3) is 5.23. The number of hydrogen-bond donors (Lipinski definition) is 0. The number of aryl methyl sites for hydroxylation is 1. The maximum atomic E-state index is 11.9. The van der Waals surface area contributed by atoms with Crippen LogP contribution in [0.15, 0.2) is 29.2 Å². The molecule has 1 aromatic rings. The summed E-state index contributed by atoms with van der Waals surface area (Å²) in [6.07, 6.45) is -0.347. The average molecular weight is 362 g/mol. The van der Waals surface area contributed by atoms with E-state index in [9.17, 15) is 30.0 Å². The monoisotopic (exact) mass is 362 g/mol. The summed E-state index contributed by atoms with van der Waals surface area (Å²) in [5, 5.41) is 0. The third-order valence-electron chi connectivity index (χ3n) is 2.36. The predicted octanol–water partition coefficient (Wildman–Crippen LogP) is 1.96. The molecule has 126 valence electrons. The lowest BCUT2D eigenvalue weighted by Crippen LogP contribution is -2.26. The molecule has 0 saturated carbocycles. The van der Waals surface area contributed by atoms with Gasteiger partial charge in [-0.25, -0.2) is 0 Å². The molecule has 0 aliphatic carbocycles. The van der Waals surface area contributed by atoms with Gasteiger partial charge in [0.1, 0.15) is 0 Å². The first kappa shape index (κ1) is 18.9. The van der Waals surface area contributed by atoms with Crippen molar-refractivity contribution in [1.82, 2.24) is 0 Å². The van der Waals surface area contributed by atoms with Gasteiger partial charge in [-0.2, -0.15) is 30.0 Å². The molecule has 0 radical (unpaired) electrons. The van der Waals surface area contributed by atoms with E-state index in [2.05, 4.69) is 8.37 Å². The van der Waals surface area contributed by atoms with Gasteiger partial charge in [0.2, 0.25) is 0 Å². The highest BCUT2D eigenvalue weighted by atomic mass is 32.2. The molecule has 22 heavy (non-hydrogen) atoms. The second-order valence-corrected chi connectivity index (χ2v) is 7.39. The van der Waals surface area contributed by atoms with Crippen LogP contribution < -0.4 is 0 Å². The van der Waals surface area contributed by atoms with Gasteiger partial charge in [0.15, 0.2) is 0 Å².